The van der Waals surface area contributed by atoms with Gasteiger partial charge in [0, 0.05) is 0 Å². The second-order valence-corrected chi connectivity index (χ2v) is 5.72. The van der Waals surface area contributed by atoms with Gasteiger partial charge in [0.15, 0.2) is 0 Å². The zero-order valence-corrected chi connectivity index (χ0v) is 11.5. The quantitative estimate of drug-likeness (QED) is 0.620. The van der Waals surface area contributed by atoms with Gasteiger partial charge < -0.3 is 0 Å². The summed E-state index contributed by atoms with van der Waals surface area (Å²) in [5.41, 5.74) is 0. The monoisotopic (exact) mass is 357 g/mol. The molecule has 0 nitrogen and oxygen atoms in total. The molecule has 37 valence electrons. The molecular weight excluding hydrogens is 353 g/mol. The van der Waals surface area contributed by atoms with E-state index in [4.69, 9.17) is 0 Å². The standard InChI is InChI=1S/C6H4Br.Hg/c7-6-4-2-1-3-5-6;/h2-5H;. The summed E-state index contributed by atoms with van der Waals surface area (Å²) in [6.07, 6.45) is 0. The fourth-order valence-electron chi connectivity index (χ4n) is 0.484. The van der Waals surface area contributed by atoms with Crippen LogP contribution in [0.4, 0.5) is 0 Å². The van der Waals surface area contributed by atoms with Crippen LogP contribution in [0.5, 0.6) is 0 Å². The summed E-state index contributed by atoms with van der Waals surface area (Å²) in [5.74, 6) is 0. The Bertz CT molecular complexity index is 147. The van der Waals surface area contributed by atoms with Crippen LogP contribution in [0, 0.1) is 0 Å². The maximum atomic E-state index is 3.37. The van der Waals surface area contributed by atoms with Gasteiger partial charge in [-0.2, -0.15) is 0 Å². The molecule has 1 aromatic rings. The van der Waals surface area contributed by atoms with Gasteiger partial charge in [-0.25, -0.2) is 0 Å². The molecule has 0 amide bonds. The molecule has 0 saturated carbocycles. The molecule has 0 unspecified atom stereocenters. The molecule has 0 fully saturated rings. The topological polar surface area (TPSA) is 0 Å². The van der Waals surface area contributed by atoms with Crippen molar-refractivity contribution in [3.8, 4) is 0 Å². The van der Waals surface area contributed by atoms with Gasteiger partial charge in [0.05, 0.1) is 0 Å². The summed E-state index contributed by atoms with van der Waals surface area (Å²) in [5, 5.41) is 0. The zero-order chi connectivity index (χ0) is 5.98. The van der Waals surface area contributed by atoms with E-state index >= 15 is 0 Å². The molecular formula is C6H4BrHg. The second kappa shape index (κ2) is 2.97. The van der Waals surface area contributed by atoms with Gasteiger partial charge in [-0.1, -0.05) is 0 Å². The average Bonchev–Trinajstić information content (AvgIpc) is 1.77. The predicted molar refractivity (Wildman–Crippen MR) is 33.8 cm³/mol. The van der Waals surface area contributed by atoms with Gasteiger partial charge in [0.2, 0.25) is 0 Å². The SMILES string of the molecule is Brc1cc[c]([Hg])cc1. The fraction of sp³-hybridized carbons (Fsp3) is 0. The predicted octanol–water partition coefficient (Wildman–Crippen LogP) is 1.62. The Kier molecular flexibility index (Phi) is 2.51. The van der Waals surface area contributed by atoms with Crippen LogP contribution in [-0.2, 0) is 26.1 Å². The molecule has 0 heterocycles. The molecule has 0 radical (unpaired) electrons. The number of halogens is 1. The summed E-state index contributed by atoms with van der Waals surface area (Å²) < 4.78 is 2.67. The van der Waals surface area contributed by atoms with Gasteiger partial charge in [-0.15, -0.1) is 0 Å². The van der Waals surface area contributed by atoms with Gasteiger partial charge in [-0.3, -0.25) is 0 Å². The van der Waals surface area contributed by atoms with Gasteiger partial charge in [0.25, 0.3) is 0 Å². The molecule has 1 rings (SSSR count). The third-order valence-electron chi connectivity index (χ3n) is 0.913. The Morgan fingerprint density at radius 2 is 1.62 bits per heavy atom. The van der Waals surface area contributed by atoms with E-state index in [-0.39, 0.29) is 0 Å². The molecule has 0 aromatic heterocycles. The molecule has 8 heavy (non-hydrogen) atoms. The summed E-state index contributed by atoms with van der Waals surface area (Å²) in [7, 11) is 0. The van der Waals surface area contributed by atoms with E-state index in [1.165, 1.54) is 7.54 Å². The first kappa shape index (κ1) is 6.75. The van der Waals surface area contributed by atoms with E-state index in [1.54, 1.807) is 0 Å². The van der Waals surface area contributed by atoms with E-state index in [2.05, 4.69) is 40.2 Å². The van der Waals surface area contributed by atoms with Crippen molar-refractivity contribution in [2.24, 2.45) is 0 Å². The first-order chi connectivity index (χ1) is 3.79. The number of rotatable bonds is 0. The first-order valence-electron chi connectivity index (χ1n) is 2.36. The fourth-order valence-corrected chi connectivity index (χ4v) is 1.67. The van der Waals surface area contributed by atoms with Gasteiger partial charge in [0.1, 0.15) is 0 Å². The molecule has 0 bridgehead atoms. The van der Waals surface area contributed by atoms with Crippen molar-refractivity contribution in [3.05, 3.63) is 28.7 Å². The summed E-state index contributed by atoms with van der Waals surface area (Å²) in [6, 6.07) is 8.49. The Hall–Kier alpha value is 0.635. The number of hydrogen-bond donors (Lipinski definition) is 0. The molecule has 0 aliphatic rings. The third-order valence-corrected chi connectivity index (χ3v) is 3.27. The molecule has 1 aromatic carbocycles. The van der Waals surface area contributed by atoms with Crippen LogP contribution in [0.3, 0.4) is 0 Å². The normalized spacial score (nSPS) is 9.38. The van der Waals surface area contributed by atoms with Crippen LogP contribution in [0.2, 0.25) is 0 Å². The zero-order valence-electron chi connectivity index (χ0n) is 4.39. The van der Waals surface area contributed by atoms with E-state index in [0.29, 0.717) is 0 Å². The van der Waals surface area contributed by atoms with E-state index in [9.17, 15) is 0 Å². The number of benzene rings is 1. The van der Waals surface area contributed by atoms with E-state index in [0.717, 1.165) is 26.1 Å². The molecule has 0 aliphatic heterocycles. The minimum absolute atomic E-state index is 0.781. The summed E-state index contributed by atoms with van der Waals surface area (Å²) in [6.45, 7) is 0. The van der Waals surface area contributed by atoms with Crippen LogP contribution in [-0.4, -0.2) is 0 Å². The molecule has 0 spiro atoms. The molecule has 0 atom stereocenters. The molecule has 0 N–H and O–H groups in total. The van der Waals surface area contributed by atoms with Crippen molar-refractivity contribution in [2.45, 2.75) is 0 Å². The second-order valence-electron chi connectivity index (χ2n) is 1.63. The summed E-state index contributed by atoms with van der Waals surface area (Å²) >= 11 is 4.15. The minimum atomic E-state index is 0.781. The third kappa shape index (κ3) is 1.86. The Morgan fingerprint density at radius 3 is 2.00 bits per heavy atom. The number of hydrogen-bond acceptors (Lipinski definition) is 0. The van der Waals surface area contributed by atoms with Crippen molar-refractivity contribution in [3.63, 3.8) is 0 Å². The van der Waals surface area contributed by atoms with Crippen molar-refractivity contribution in [1.82, 2.24) is 0 Å². The van der Waals surface area contributed by atoms with Crippen molar-refractivity contribution in [1.29, 1.82) is 0 Å². The van der Waals surface area contributed by atoms with Crippen LogP contribution in [0.1, 0.15) is 0 Å². The van der Waals surface area contributed by atoms with Crippen molar-refractivity contribution < 1.29 is 26.1 Å². The van der Waals surface area contributed by atoms with Crippen molar-refractivity contribution in [2.75, 3.05) is 0 Å². The maximum absolute atomic E-state index is 3.37. The first-order valence-corrected chi connectivity index (χ1v) is 5.91. The Balaban J connectivity index is 3.03. The Morgan fingerprint density at radius 1 is 1.12 bits per heavy atom. The van der Waals surface area contributed by atoms with Crippen LogP contribution in [0.15, 0.2) is 28.7 Å². The van der Waals surface area contributed by atoms with Crippen LogP contribution in [0.25, 0.3) is 0 Å². The van der Waals surface area contributed by atoms with Crippen LogP contribution < -0.4 is 3.07 Å². The van der Waals surface area contributed by atoms with Crippen molar-refractivity contribution >= 4 is 19.0 Å². The van der Waals surface area contributed by atoms with Crippen LogP contribution >= 0.6 is 15.9 Å². The summed E-state index contributed by atoms with van der Waals surface area (Å²) in [4.78, 5) is 0. The molecule has 0 saturated heterocycles. The molecule has 0 aliphatic carbocycles. The van der Waals surface area contributed by atoms with E-state index < -0.39 is 0 Å². The average molecular weight is 357 g/mol. The molecule has 2 heteroatoms. The Labute approximate surface area is 73.4 Å². The van der Waals surface area contributed by atoms with E-state index in [1.807, 2.05) is 0 Å². The van der Waals surface area contributed by atoms with Gasteiger partial charge >= 0.3 is 73.9 Å². The van der Waals surface area contributed by atoms with Gasteiger partial charge in [-0.05, 0) is 0 Å².